The van der Waals surface area contributed by atoms with Crippen LogP contribution in [-0.4, -0.2) is 23.1 Å². The molecule has 0 bridgehead atoms. The lowest BCUT2D eigenvalue weighted by Crippen LogP contribution is -2.40. The van der Waals surface area contributed by atoms with Crippen LogP contribution in [0.3, 0.4) is 0 Å². The van der Waals surface area contributed by atoms with Gasteiger partial charge in [-0.05, 0) is 24.3 Å². The van der Waals surface area contributed by atoms with Crippen LogP contribution in [0.4, 0.5) is 4.39 Å². The van der Waals surface area contributed by atoms with Crippen LogP contribution in [-0.2, 0) is 0 Å². The first kappa shape index (κ1) is 9.54. The molecule has 3 nitrogen and oxygen atoms in total. The number of hydrogen-bond donors (Lipinski definition) is 2. The molecule has 1 aromatic heterocycles. The topological polar surface area (TPSA) is 40.7 Å². The maximum absolute atomic E-state index is 12.8. The maximum Gasteiger partial charge on any atom is 0.137 e. The predicted molar refractivity (Wildman–Crippen MR) is 59.6 cm³/mol. The molecule has 1 fully saturated rings. The number of halogens is 1. The second-order valence-electron chi connectivity index (χ2n) is 4.05. The number of aromatic amines is 1. The van der Waals surface area contributed by atoms with Crippen LogP contribution in [0.1, 0.15) is 11.6 Å². The van der Waals surface area contributed by atoms with Crippen LogP contribution in [0.2, 0.25) is 0 Å². The third-order valence-electron chi connectivity index (χ3n) is 2.93. The zero-order valence-electron chi connectivity index (χ0n) is 8.70. The van der Waals surface area contributed by atoms with Crippen molar-refractivity contribution in [1.29, 1.82) is 0 Å². The van der Waals surface area contributed by atoms with E-state index in [1.165, 1.54) is 12.1 Å². The minimum atomic E-state index is -0.223. The van der Waals surface area contributed by atoms with Crippen LogP contribution in [0.5, 0.6) is 0 Å². The zero-order valence-corrected chi connectivity index (χ0v) is 8.70. The lowest BCUT2D eigenvalue weighted by molar-refractivity contribution is 0.441. The number of benzene rings is 1. The molecule has 16 heavy (non-hydrogen) atoms. The van der Waals surface area contributed by atoms with Crippen LogP contribution in [0, 0.1) is 5.82 Å². The summed E-state index contributed by atoms with van der Waals surface area (Å²) in [6.07, 6.45) is 1.87. The van der Waals surface area contributed by atoms with E-state index in [4.69, 9.17) is 0 Å². The first-order valence-electron chi connectivity index (χ1n) is 5.34. The third kappa shape index (κ3) is 1.61. The summed E-state index contributed by atoms with van der Waals surface area (Å²) >= 11 is 0. The highest BCUT2D eigenvalue weighted by Crippen LogP contribution is 2.22. The second kappa shape index (κ2) is 3.72. The van der Waals surface area contributed by atoms with Crippen molar-refractivity contribution in [1.82, 2.24) is 15.3 Å². The number of nitrogens with one attached hydrogen (secondary N) is 2. The van der Waals surface area contributed by atoms with Gasteiger partial charge in [0.2, 0.25) is 0 Å². The Kier molecular flexibility index (Phi) is 2.22. The summed E-state index contributed by atoms with van der Waals surface area (Å²) in [7, 11) is 0. The molecule has 0 unspecified atom stereocenters. The fourth-order valence-corrected chi connectivity index (χ4v) is 1.81. The van der Waals surface area contributed by atoms with Crippen molar-refractivity contribution in [3.05, 3.63) is 42.0 Å². The average molecular weight is 217 g/mol. The quantitative estimate of drug-likeness (QED) is 0.806. The minimum absolute atomic E-state index is 0.223. The van der Waals surface area contributed by atoms with Gasteiger partial charge in [0.1, 0.15) is 11.6 Å². The molecule has 0 saturated carbocycles. The van der Waals surface area contributed by atoms with E-state index in [-0.39, 0.29) is 5.82 Å². The number of hydrogen-bond acceptors (Lipinski definition) is 2. The molecule has 4 heteroatoms. The smallest absolute Gasteiger partial charge is 0.137 e. The van der Waals surface area contributed by atoms with Crippen LogP contribution < -0.4 is 5.32 Å². The molecular formula is C12H12FN3. The Bertz CT molecular complexity index is 485. The molecular weight excluding hydrogens is 205 g/mol. The fourth-order valence-electron chi connectivity index (χ4n) is 1.81. The zero-order chi connectivity index (χ0) is 11.0. The number of H-pyrrole nitrogens is 1. The van der Waals surface area contributed by atoms with Gasteiger partial charge in [-0.3, -0.25) is 0 Å². The van der Waals surface area contributed by atoms with Gasteiger partial charge in [0, 0.05) is 36.5 Å². The Labute approximate surface area is 92.7 Å². The van der Waals surface area contributed by atoms with Crippen molar-refractivity contribution in [3.63, 3.8) is 0 Å². The fraction of sp³-hybridized carbons (Fsp3) is 0.250. The van der Waals surface area contributed by atoms with Crippen molar-refractivity contribution < 1.29 is 4.39 Å². The van der Waals surface area contributed by atoms with Crippen molar-refractivity contribution in [3.8, 4) is 11.4 Å². The van der Waals surface area contributed by atoms with E-state index in [1.54, 1.807) is 12.1 Å². The third-order valence-corrected chi connectivity index (χ3v) is 2.93. The molecule has 3 rings (SSSR count). The van der Waals surface area contributed by atoms with Gasteiger partial charge in [-0.2, -0.15) is 0 Å². The van der Waals surface area contributed by atoms with Gasteiger partial charge in [0.25, 0.3) is 0 Å². The first-order chi connectivity index (χ1) is 7.83. The van der Waals surface area contributed by atoms with Gasteiger partial charge in [-0.15, -0.1) is 0 Å². The number of nitrogens with zero attached hydrogens (tertiary/aromatic N) is 1. The van der Waals surface area contributed by atoms with Crippen LogP contribution in [0.15, 0.2) is 30.5 Å². The Balaban J connectivity index is 1.88. The summed E-state index contributed by atoms with van der Waals surface area (Å²) in [5, 5.41) is 3.22. The van der Waals surface area contributed by atoms with E-state index in [0.29, 0.717) is 5.92 Å². The van der Waals surface area contributed by atoms with Gasteiger partial charge in [0.15, 0.2) is 0 Å². The van der Waals surface area contributed by atoms with E-state index in [1.807, 2.05) is 6.20 Å². The highest BCUT2D eigenvalue weighted by molar-refractivity contribution is 5.55. The van der Waals surface area contributed by atoms with Crippen molar-refractivity contribution in [2.45, 2.75) is 5.92 Å². The molecule has 82 valence electrons. The van der Waals surface area contributed by atoms with Crippen molar-refractivity contribution in [2.75, 3.05) is 13.1 Å². The normalized spacial score (nSPS) is 16.1. The summed E-state index contributed by atoms with van der Waals surface area (Å²) < 4.78 is 12.8. The van der Waals surface area contributed by atoms with Crippen molar-refractivity contribution in [2.24, 2.45) is 0 Å². The number of aromatic nitrogens is 2. The lowest BCUT2D eigenvalue weighted by atomic mass is 10.0. The van der Waals surface area contributed by atoms with Crippen LogP contribution >= 0.6 is 0 Å². The summed E-state index contributed by atoms with van der Waals surface area (Å²) in [4.78, 5) is 7.59. The highest BCUT2D eigenvalue weighted by Gasteiger charge is 2.20. The highest BCUT2D eigenvalue weighted by atomic mass is 19.1. The lowest BCUT2D eigenvalue weighted by Gasteiger charge is -2.25. The molecule has 0 aliphatic carbocycles. The Morgan fingerprint density at radius 3 is 2.56 bits per heavy atom. The minimum Gasteiger partial charge on any atom is -0.342 e. The first-order valence-corrected chi connectivity index (χ1v) is 5.34. The van der Waals surface area contributed by atoms with E-state index in [9.17, 15) is 4.39 Å². The van der Waals surface area contributed by atoms with Gasteiger partial charge >= 0.3 is 0 Å². The Hall–Kier alpha value is -1.68. The molecule has 0 spiro atoms. The molecule has 2 heterocycles. The Morgan fingerprint density at radius 1 is 1.19 bits per heavy atom. The molecule has 2 aromatic rings. The van der Waals surface area contributed by atoms with Gasteiger partial charge in [-0.25, -0.2) is 9.37 Å². The predicted octanol–water partition coefficient (Wildman–Crippen LogP) is 1.90. The summed E-state index contributed by atoms with van der Waals surface area (Å²) in [6, 6.07) is 6.36. The molecule has 1 aliphatic rings. The summed E-state index contributed by atoms with van der Waals surface area (Å²) in [5.74, 6) is 1.13. The molecule has 1 aliphatic heterocycles. The molecule has 2 N–H and O–H groups in total. The molecule has 0 amide bonds. The number of rotatable bonds is 2. The standard InChI is InChI=1S/C12H12FN3/c13-10-3-1-8(2-4-10)12-15-7-11(16-12)9-5-14-6-9/h1-4,7,9,14H,5-6H2,(H,15,16). The average Bonchev–Trinajstić information content (AvgIpc) is 2.65. The van der Waals surface area contributed by atoms with E-state index < -0.39 is 0 Å². The maximum atomic E-state index is 12.8. The largest absolute Gasteiger partial charge is 0.342 e. The van der Waals surface area contributed by atoms with E-state index in [2.05, 4.69) is 15.3 Å². The number of imidazole rings is 1. The van der Waals surface area contributed by atoms with Crippen LogP contribution in [0.25, 0.3) is 11.4 Å². The van der Waals surface area contributed by atoms with Gasteiger partial charge < -0.3 is 10.3 Å². The molecule has 0 radical (unpaired) electrons. The SMILES string of the molecule is Fc1ccc(-c2ncc(C3CNC3)[nH]2)cc1. The van der Waals surface area contributed by atoms with Gasteiger partial charge in [-0.1, -0.05) is 0 Å². The monoisotopic (exact) mass is 217 g/mol. The van der Waals surface area contributed by atoms with E-state index >= 15 is 0 Å². The molecule has 1 aromatic carbocycles. The second-order valence-corrected chi connectivity index (χ2v) is 4.05. The van der Waals surface area contributed by atoms with Gasteiger partial charge in [0.05, 0.1) is 0 Å². The Morgan fingerprint density at radius 2 is 1.94 bits per heavy atom. The summed E-state index contributed by atoms with van der Waals surface area (Å²) in [5.41, 5.74) is 2.07. The van der Waals surface area contributed by atoms with Crippen molar-refractivity contribution >= 4 is 0 Å². The van der Waals surface area contributed by atoms with E-state index in [0.717, 1.165) is 30.2 Å². The molecule has 0 atom stereocenters. The molecule has 1 saturated heterocycles. The summed E-state index contributed by atoms with van der Waals surface area (Å²) in [6.45, 7) is 2.01.